The summed E-state index contributed by atoms with van der Waals surface area (Å²) >= 11 is 0. The third-order valence-corrected chi connectivity index (χ3v) is 5.46. The van der Waals surface area contributed by atoms with Crippen LogP contribution >= 0.6 is 0 Å². The molecule has 3 rings (SSSR count). The number of unbranched alkanes of at least 4 members (excludes halogenated alkanes) is 6. The second kappa shape index (κ2) is 12.6. The maximum atomic E-state index is 12.7. The molecule has 2 amide bonds. The molecular weight excluding hydrogens is 436 g/mol. The van der Waals surface area contributed by atoms with E-state index < -0.39 is 17.2 Å². The third kappa shape index (κ3) is 6.68. The molecule has 0 fully saturated rings. The number of anilines is 1. The molecule has 2 aromatic carbocycles. The number of hydrogen-bond donors (Lipinski definition) is 3. The number of amides is 2. The Balaban J connectivity index is 1.60. The van der Waals surface area contributed by atoms with Crippen LogP contribution in [0.3, 0.4) is 0 Å². The summed E-state index contributed by atoms with van der Waals surface area (Å²) in [6, 6.07) is 12.4. The average molecular weight is 467 g/mol. The van der Waals surface area contributed by atoms with Crippen LogP contribution in [0.25, 0.3) is 11.0 Å². The SMILES string of the molecule is CCCCCCCCCOc1ccc(C(=O)Nc2cccc3c(=O)cc(C(=O)NO)oc23)cc1. The van der Waals surface area contributed by atoms with E-state index in [1.165, 1.54) is 43.7 Å². The summed E-state index contributed by atoms with van der Waals surface area (Å²) < 4.78 is 11.2. The molecule has 8 nitrogen and oxygen atoms in total. The Labute approximate surface area is 197 Å². The highest BCUT2D eigenvalue weighted by atomic mass is 16.5. The summed E-state index contributed by atoms with van der Waals surface area (Å²) in [7, 11) is 0. The summed E-state index contributed by atoms with van der Waals surface area (Å²) in [5.41, 5.74) is 1.61. The summed E-state index contributed by atoms with van der Waals surface area (Å²) in [4.78, 5) is 36.7. The van der Waals surface area contributed by atoms with Crippen molar-refractivity contribution in [3.63, 3.8) is 0 Å². The zero-order chi connectivity index (χ0) is 24.3. The summed E-state index contributed by atoms with van der Waals surface area (Å²) in [5, 5.41) is 11.7. The first kappa shape index (κ1) is 25.0. The van der Waals surface area contributed by atoms with Gasteiger partial charge in [-0.25, -0.2) is 5.48 Å². The molecule has 0 saturated carbocycles. The van der Waals surface area contributed by atoms with Crippen LogP contribution in [0, 0.1) is 0 Å². The van der Waals surface area contributed by atoms with Gasteiger partial charge < -0.3 is 14.5 Å². The molecule has 0 radical (unpaired) electrons. The first-order valence-electron chi connectivity index (χ1n) is 11.6. The van der Waals surface area contributed by atoms with Crippen LogP contribution in [0.4, 0.5) is 5.69 Å². The number of para-hydroxylation sites is 1. The largest absolute Gasteiger partial charge is 0.494 e. The fraction of sp³-hybridized carbons (Fsp3) is 0.346. The monoisotopic (exact) mass is 466 g/mol. The van der Waals surface area contributed by atoms with Crippen molar-refractivity contribution in [2.45, 2.75) is 51.9 Å². The number of nitrogens with one attached hydrogen (secondary N) is 2. The van der Waals surface area contributed by atoms with E-state index in [-0.39, 0.29) is 22.4 Å². The van der Waals surface area contributed by atoms with Gasteiger partial charge in [-0.05, 0) is 42.8 Å². The predicted molar refractivity (Wildman–Crippen MR) is 130 cm³/mol. The van der Waals surface area contributed by atoms with Gasteiger partial charge >= 0.3 is 5.91 Å². The van der Waals surface area contributed by atoms with Crippen molar-refractivity contribution < 1.29 is 24.0 Å². The molecule has 0 bridgehead atoms. The number of carbonyl (C=O) groups is 2. The van der Waals surface area contributed by atoms with Crippen molar-refractivity contribution in [2.75, 3.05) is 11.9 Å². The minimum atomic E-state index is -0.966. The van der Waals surface area contributed by atoms with Gasteiger partial charge in [0.25, 0.3) is 5.91 Å². The van der Waals surface area contributed by atoms with Gasteiger partial charge in [0.05, 0.1) is 17.7 Å². The van der Waals surface area contributed by atoms with E-state index >= 15 is 0 Å². The quantitative estimate of drug-likeness (QED) is 0.190. The van der Waals surface area contributed by atoms with Gasteiger partial charge in [0.15, 0.2) is 16.8 Å². The molecule has 0 aliphatic carbocycles. The molecule has 0 aliphatic rings. The number of rotatable bonds is 12. The highest BCUT2D eigenvalue weighted by Crippen LogP contribution is 2.23. The van der Waals surface area contributed by atoms with Crippen LogP contribution in [0.15, 0.2) is 57.7 Å². The molecule has 3 aromatic rings. The van der Waals surface area contributed by atoms with E-state index in [1.807, 2.05) is 0 Å². The molecule has 8 heteroatoms. The standard InChI is InChI=1S/C26H30N2O6/c1-2-3-4-5-6-7-8-16-33-19-14-12-18(13-15-19)25(30)27-21-11-9-10-20-22(29)17-23(26(31)28-32)34-24(20)21/h9-15,17,32H,2-8,16H2,1H3,(H,27,30)(H,28,31). The second-order valence-corrected chi connectivity index (χ2v) is 8.05. The van der Waals surface area contributed by atoms with Crippen molar-refractivity contribution in [1.29, 1.82) is 0 Å². The fourth-order valence-electron chi connectivity index (χ4n) is 3.59. The lowest BCUT2D eigenvalue weighted by atomic mass is 10.1. The van der Waals surface area contributed by atoms with Crippen molar-refractivity contribution in [3.8, 4) is 5.75 Å². The van der Waals surface area contributed by atoms with Crippen LogP contribution in [-0.2, 0) is 0 Å². The molecule has 1 aromatic heterocycles. The van der Waals surface area contributed by atoms with E-state index in [1.54, 1.807) is 36.4 Å². The summed E-state index contributed by atoms with van der Waals surface area (Å²) in [5.74, 6) is -1.06. The highest BCUT2D eigenvalue weighted by molar-refractivity contribution is 6.08. The predicted octanol–water partition coefficient (Wildman–Crippen LogP) is 5.29. The number of hydrogen-bond acceptors (Lipinski definition) is 6. The van der Waals surface area contributed by atoms with Gasteiger partial charge in [-0.3, -0.25) is 19.6 Å². The van der Waals surface area contributed by atoms with Crippen LogP contribution in [0.1, 0.15) is 72.8 Å². The van der Waals surface area contributed by atoms with Crippen LogP contribution < -0.4 is 21.0 Å². The maximum absolute atomic E-state index is 12.7. The van der Waals surface area contributed by atoms with E-state index in [4.69, 9.17) is 14.4 Å². The highest BCUT2D eigenvalue weighted by Gasteiger charge is 2.16. The number of carbonyl (C=O) groups excluding carboxylic acids is 2. The minimum Gasteiger partial charge on any atom is -0.494 e. The van der Waals surface area contributed by atoms with Gasteiger partial charge in [-0.2, -0.15) is 0 Å². The van der Waals surface area contributed by atoms with E-state index in [0.29, 0.717) is 17.9 Å². The molecular formula is C26H30N2O6. The Kier molecular flexibility index (Phi) is 9.22. The average Bonchev–Trinajstić information content (AvgIpc) is 2.85. The Bertz CT molecular complexity index is 1170. The Morgan fingerprint density at radius 3 is 2.35 bits per heavy atom. The lowest BCUT2D eigenvalue weighted by Gasteiger charge is -2.10. The summed E-state index contributed by atoms with van der Waals surface area (Å²) in [6.45, 7) is 2.85. The molecule has 0 atom stereocenters. The zero-order valence-electron chi connectivity index (χ0n) is 19.3. The fourth-order valence-corrected chi connectivity index (χ4v) is 3.59. The van der Waals surface area contributed by atoms with Crippen LogP contribution in [0.5, 0.6) is 5.75 Å². The maximum Gasteiger partial charge on any atom is 0.310 e. The van der Waals surface area contributed by atoms with Gasteiger partial charge in [0.1, 0.15) is 5.75 Å². The topological polar surface area (TPSA) is 118 Å². The van der Waals surface area contributed by atoms with Gasteiger partial charge in [0, 0.05) is 11.6 Å². The summed E-state index contributed by atoms with van der Waals surface area (Å²) in [6.07, 6.45) is 8.48. The Hall–Kier alpha value is -3.65. The lowest BCUT2D eigenvalue weighted by Crippen LogP contribution is -2.20. The molecule has 0 unspecified atom stereocenters. The molecule has 0 aliphatic heterocycles. The van der Waals surface area contributed by atoms with Gasteiger partial charge in [0.2, 0.25) is 0 Å². The lowest BCUT2D eigenvalue weighted by molar-refractivity contribution is 0.0676. The molecule has 180 valence electrons. The molecule has 34 heavy (non-hydrogen) atoms. The Morgan fingerprint density at radius 1 is 0.941 bits per heavy atom. The third-order valence-electron chi connectivity index (χ3n) is 5.46. The van der Waals surface area contributed by atoms with Gasteiger partial charge in [-0.15, -0.1) is 0 Å². The van der Waals surface area contributed by atoms with E-state index in [9.17, 15) is 14.4 Å². The normalized spacial score (nSPS) is 10.8. The van der Waals surface area contributed by atoms with Crippen LogP contribution in [0.2, 0.25) is 0 Å². The number of fused-ring (bicyclic) bond motifs is 1. The number of ether oxygens (including phenoxy) is 1. The first-order chi connectivity index (χ1) is 16.5. The number of hydroxylamine groups is 1. The van der Waals surface area contributed by atoms with Crippen molar-refractivity contribution >= 4 is 28.5 Å². The first-order valence-corrected chi connectivity index (χ1v) is 11.6. The second-order valence-electron chi connectivity index (χ2n) is 8.05. The molecule has 1 heterocycles. The van der Waals surface area contributed by atoms with Crippen molar-refractivity contribution in [3.05, 3.63) is 70.1 Å². The Morgan fingerprint density at radius 2 is 1.65 bits per heavy atom. The zero-order valence-corrected chi connectivity index (χ0v) is 19.3. The number of benzene rings is 2. The minimum absolute atomic E-state index is 0.0385. The van der Waals surface area contributed by atoms with Crippen molar-refractivity contribution in [2.24, 2.45) is 0 Å². The van der Waals surface area contributed by atoms with Crippen molar-refractivity contribution in [1.82, 2.24) is 5.48 Å². The smallest absolute Gasteiger partial charge is 0.310 e. The van der Waals surface area contributed by atoms with Crippen LogP contribution in [-0.4, -0.2) is 23.6 Å². The molecule has 3 N–H and O–H groups in total. The molecule has 0 spiro atoms. The van der Waals surface area contributed by atoms with E-state index in [0.717, 1.165) is 18.9 Å². The molecule has 0 saturated heterocycles. The van der Waals surface area contributed by atoms with Gasteiger partial charge in [-0.1, -0.05) is 51.5 Å². The van der Waals surface area contributed by atoms with E-state index in [2.05, 4.69) is 12.2 Å².